The van der Waals surface area contributed by atoms with Crippen LogP contribution < -0.4 is 0 Å². The number of nitrogens with zero attached hydrogens (tertiary/aromatic N) is 2. The van der Waals surface area contributed by atoms with E-state index in [4.69, 9.17) is 0 Å². The lowest BCUT2D eigenvalue weighted by molar-refractivity contribution is 0.0562. The number of carbonyl (C=O) groups is 1. The molecule has 0 N–H and O–H groups in total. The van der Waals surface area contributed by atoms with E-state index < -0.39 is 6.55 Å². The Balaban J connectivity index is 3.04. The van der Waals surface area contributed by atoms with Crippen molar-refractivity contribution in [2.75, 3.05) is 0 Å². The van der Waals surface area contributed by atoms with Gasteiger partial charge in [0, 0.05) is 6.20 Å². The van der Waals surface area contributed by atoms with E-state index in [0.717, 1.165) is 6.20 Å². The Labute approximate surface area is 74.5 Å². The highest BCUT2D eigenvalue weighted by atomic mass is 127. The molecule has 0 spiro atoms. The Morgan fingerprint density at radius 1 is 1.73 bits per heavy atom. The maximum absolute atomic E-state index is 11.9. The molecule has 11 heavy (non-hydrogen) atoms. The lowest BCUT2D eigenvalue weighted by atomic mass is 10.5. The van der Waals surface area contributed by atoms with Gasteiger partial charge in [0.1, 0.15) is 5.69 Å². The highest BCUT2D eigenvalue weighted by Crippen LogP contribution is 2.13. The van der Waals surface area contributed by atoms with Gasteiger partial charge in [0.05, 0.1) is 3.57 Å². The molecular formula is C5H3F2IN2O. The first kappa shape index (κ1) is 8.57. The summed E-state index contributed by atoms with van der Waals surface area (Å²) in [7, 11) is 0. The van der Waals surface area contributed by atoms with Gasteiger partial charge in [0.15, 0.2) is 6.29 Å². The molecule has 60 valence electrons. The van der Waals surface area contributed by atoms with Crippen LogP contribution in [0.2, 0.25) is 0 Å². The van der Waals surface area contributed by atoms with Crippen molar-refractivity contribution >= 4 is 28.9 Å². The van der Waals surface area contributed by atoms with Gasteiger partial charge < -0.3 is 0 Å². The molecule has 0 bridgehead atoms. The number of aldehydes is 1. The van der Waals surface area contributed by atoms with E-state index in [1.807, 2.05) is 0 Å². The maximum Gasteiger partial charge on any atom is 0.333 e. The van der Waals surface area contributed by atoms with Crippen LogP contribution >= 0.6 is 22.6 Å². The predicted molar refractivity (Wildman–Crippen MR) is 41.6 cm³/mol. The summed E-state index contributed by atoms with van der Waals surface area (Å²) in [6, 6.07) is 0. The number of hydrogen-bond acceptors (Lipinski definition) is 2. The summed E-state index contributed by atoms with van der Waals surface area (Å²) in [5.41, 5.74) is 0.0471. The average Bonchev–Trinajstić information content (AvgIpc) is 2.31. The van der Waals surface area contributed by atoms with Crippen molar-refractivity contribution in [2.24, 2.45) is 0 Å². The fraction of sp³-hybridized carbons (Fsp3) is 0.200. The summed E-state index contributed by atoms with van der Waals surface area (Å²) >= 11 is 1.77. The second-order valence-corrected chi connectivity index (χ2v) is 2.90. The Bertz CT molecular complexity index is 273. The summed E-state index contributed by atoms with van der Waals surface area (Å²) in [6.07, 6.45) is 1.57. The standard InChI is InChI=1S/C5H3F2IN2O/c6-5(7)10-1-3(8)4(2-11)9-10/h1-2,5H. The van der Waals surface area contributed by atoms with Crippen LogP contribution in [-0.4, -0.2) is 16.1 Å². The Morgan fingerprint density at radius 2 is 2.36 bits per heavy atom. The summed E-state index contributed by atoms with van der Waals surface area (Å²) in [5, 5.41) is 3.32. The largest absolute Gasteiger partial charge is 0.333 e. The van der Waals surface area contributed by atoms with Gasteiger partial charge in [-0.15, -0.1) is 0 Å². The van der Waals surface area contributed by atoms with Gasteiger partial charge in [0.25, 0.3) is 0 Å². The fourth-order valence-corrected chi connectivity index (χ4v) is 1.08. The SMILES string of the molecule is O=Cc1nn(C(F)F)cc1I. The van der Waals surface area contributed by atoms with Crippen molar-refractivity contribution < 1.29 is 13.6 Å². The van der Waals surface area contributed by atoms with Crippen molar-refractivity contribution in [3.05, 3.63) is 15.5 Å². The summed E-state index contributed by atoms with van der Waals surface area (Å²) in [6.45, 7) is -2.68. The highest BCUT2D eigenvalue weighted by Gasteiger charge is 2.10. The number of aromatic nitrogens is 2. The average molecular weight is 272 g/mol. The summed E-state index contributed by atoms with van der Waals surface area (Å²) in [4.78, 5) is 10.1. The molecule has 0 unspecified atom stereocenters. The molecule has 1 aromatic rings. The van der Waals surface area contributed by atoms with E-state index in [2.05, 4.69) is 5.10 Å². The number of alkyl halides is 2. The van der Waals surface area contributed by atoms with Crippen molar-refractivity contribution in [1.82, 2.24) is 9.78 Å². The maximum atomic E-state index is 11.9. The van der Waals surface area contributed by atoms with Crippen molar-refractivity contribution in [2.45, 2.75) is 6.55 Å². The van der Waals surface area contributed by atoms with Crippen LogP contribution in [0.5, 0.6) is 0 Å². The number of halogens is 3. The smallest absolute Gasteiger partial charge is 0.296 e. The molecule has 0 saturated heterocycles. The Kier molecular flexibility index (Phi) is 2.53. The van der Waals surface area contributed by atoms with Gasteiger partial charge in [-0.3, -0.25) is 4.79 Å². The summed E-state index contributed by atoms with van der Waals surface area (Å²) < 4.78 is 24.6. The molecular weight excluding hydrogens is 269 g/mol. The van der Waals surface area contributed by atoms with Crippen LogP contribution in [0.1, 0.15) is 17.0 Å². The molecule has 0 radical (unpaired) electrons. The molecule has 0 aromatic carbocycles. The predicted octanol–water partition coefficient (Wildman–Crippen LogP) is 1.70. The van der Waals surface area contributed by atoms with Crippen LogP contribution in [0.25, 0.3) is 0 Å². The minimum Gasteiger partial charge on any atom is -0.296 e. The lowest BCUT2D eigenvalue weighted by Gasteiger charge is -1.94. The molecule has 0 saturated carbocycles. The highest BCUT2D eigenvalue weighted by molar-refractivity contribution is 14.1. The minimum atomic E-state index is -2.68. The van der Waals surface area contributed by atoms with E-state index in [1.54, 1.807) is 22.6 Å². The van der Waals surface area contributed by atoms with Gasteiger partial charge in [-0.1, -0.05) is 0 Å². The molecule has 3 nitrogen and oxygen atoms in total. The number of hydrogen-bond donors (Lipinski definition) is 0. The van der Waals surface area contributed by atoms with Gasteiger partial charge in [0.2, 0.25) is 0 Å². The Morgan fingerprint density at radius 3 is 2.64 bits per heavy atom. The van der Waals surface area contributed by atoms with Crippen molar-refractivity contribution in [3.8, 4) is 0 Å². The van der Waals surface area contributed by atoms with Crippen LogP contribution in [-0.2, 0) is 0 Å². The van der Waals surface area contributed by atoms with E-state index in [0.29, 0.717) is 14.5 Å². The van der Waals surface area contributed by atoms with Crippen LogP contribution in [0.3, 0.4) is 0 Å². The van der Waals surface area contributed by atoms with Gasteiger partial charge in [-0.25, -0.2) is 4.68 Å². The third-order valence-corrected chi connectivity index (χ3v) is 1.86. The quantitative estimate of drug-likeness (QED) is 0.606. The fourth-order valence-electron chi connectivity index (χ4n) is 0.563. The lowest BCUT2D eigenvalue weighted by Crippen LogP contribution is -1.98. The molecule has 0 fully saturated rings. The molecule has 0 aliphatic rings. The molecule has 1 heterocycles. The van der Waals surface area contributed by atoms with Crippen molar-refractivity contribution in [3.63, 3.8) is 0 Å². The van der Waals surface area contributed by atoms with E-state index in [-0.39, 0.29) is 5.69 Å². The van der Waals surface area contributed by atoms with Crippen molar-refractivity contribution in [1.29, 1.82) is 0 Å². The molecule has 0 aliphatic heterocycles. The molecule has 0 aliphatic carbocycles. The van der Waals surface area contributed by atoms with Crippen LogP contribution in [0, 0.1) is 3.57 Å². The third kappa shape index (κ3) is 1.73. The first-order valence-corrected chi connectivity index (χ1v) is 3.71. The molecule has 1 aromatic heterocycles. The normalized spacial score (nSPS) is 10.5. The molecule has 0 amide bonds. The molecule has 0 atom stereocenters. The van der Waals surface area contributed by atoms with Gasteiger partial charge in [-0.05, 0) is 22.6 Å². The molecule has 1 rings (SSSR count). The number of carbonyl (C=O) groups excluding carboxylic acids is 1. The van der Waals surface area contributed by atoms with Crippen LogP contribution in [0.15, 0.2) is 6.20 Å². The third-order valence-electron chi connectivity index (χ3n) is 1.03. The zero-order valence-electron chi connectivity index (χ0n) is 5.17. The zero-order chi connectivity index (χ0) is 8.43. The Hall–Kier alpha value is -0.530. The van der Waals surface area contributed by atoms with Gasteiger partial charge >= 0.3 is 6.55 Å². The molecule has 6 heteroatoms. The monoisotopic (exact) mass is 272 g/mol. The number of rotatable bonds is 2. The minimum absolute atomic E-state index is 0.0471. The topological polar surface area (TPSA) is 34.9 Å². The van der Waals surface area contributed by atoms with Crippen LogP contribution in [0.4, 0.5) is 8.78 Å². The second-order valence-electron chi connectivity index (χ2n) is 1.74. The van der Waals surface area contributed by atoms with E-state index in [1.165, 1.54) is 0 Å². The van der Waals surface area contributed by atoms with Gasteiger partial charge in [-0.2, -0.15) is 13.9 Å². The first-order valence-electron chi connectivity index (χ1n) is 2.63. The summed E-state index contributed by atoms with van der Waals surface area (Å²) in [5.74, 6) is 0. The first-order chi connectivity index (χ1) is 5.15. The van der Waals surface area contributed by atoms with E-state index >= 15 is 0 Å². The second kappa shape index (κ2) is 3.24. The zero-order valence-corrected chi connectivity index (χ0v) is 7.33. The van der Waals surface area contributed by atoms with E-state index in [9.17, 15) is 13.6 Å².